The summed E-state index contributed by atoms with van der Waals surface area (Å²) in [6.45, 7) is 1.83. The first kappa shape index (κ1) is 18.4. The van der Waals surface area contributed by atoms with Crippen molar-refractivity contribution in [2.75, 3.05) is 5.73 Å². The van der Waals surface area contributed by atoms with Gasteiger partial charge in [0.15, 0.2) is 0 Å². The van der Waals surface area contributed by atoms with E-state index in [4.69, 9.17) is 11.5 Å². The SMILES string of the molecule is Cc1ncnc2ccc(-c3cc(C(N)=O)c(N)nc3-c3cc(F)ccc3F)cc12. The Morgan fingerprint density at radius 3 is 2.55 bits per heavy atom. The van der Waals surface area contributed by atoms with Gasteiger partial charge in [-0.05, 0) is 48.9 Å². The molecule has 8 heteroatoms. The predicted octanol–water partition coefficient (Wildman–Crippen LogP) is 3.63. The van der Waals surface area contributed by atoms with Gasteiger partial charge in [-0.15, -0.1) is 0 Å². The Bertz CT molecular complexity index is 1290. The van der Waals surface area contributed by atoms with E-state index in [9.17, 15) is 13.6 Å². The van der Waals surface area contributed by atoms with E-state index in [1.807, 2.05) is 6.92 Å². The third kappa shape index (κ3) is 3.25. The third-order valence-electron chi connectivity index (χ3n) is 4.65. The molecule has 2 heterocycles. The van der Waals surface area contributed by atoms with Crippen molar-refractivity contribution in [2.45, 2.75) is 6.92 Å². The van der Waals surface area contributed by atoms with Crippen molar-refractivity contribution >= 4 is 22.6 Å². The van der Waals surface area contributed by atoms with Crippen LogP contribution in [0.3, 0.4) is 0 Å². The normalized spacial score (nSPS) is 11.0. The van der Waals surface area contributed by atoms with Crippen LogP contribution in [0.4, 0.5) is 14.6 Å². The first-order valence-electron chi connectivity index (χ1n) is 8.62. The van der Waals surface area contributed by atoms with Crippen molar-refractivity contribution < 1.29 is 13.6 Å². The molecule has 0 saturated carbocycles. The van der Waals surface area contributed by atoms with Gasteiger partial charge in [0, 0.05) is 22.2 Å². The van der Waals surface area contributed by atoms with Crippen LogP contribution in [-0.4, -0.2) is 20.9 Å². The molecule has 0 saturated heterocycles. The van der Waals surface area contributed by atoms with Gasteiger partial charge in [0.25, 0.3) is 5.91 Å². The average molecular weight is 391 g/mol. The number of carbonyl (C=O) groups excluding carboxylic acids is 1. The molecule has 0 bridgehead atoms. The Morgan fingerprint density at radius 2 is 1.79 bits per heavy atom. The molecule has 144 valence electrons. The number of hydrogen-bond acceptors (Lipinski definition) is 5. The number of carbonyl (C=O) groups is 1. The second-order valence-corrected chi connectivity index (χ2v) is 6.50. The molecule has 0 fully saturated rings. The molecule has 0 aliphatic heterocycles. The Morgan fingerprint density at radius 1 is 1.00 bits per heavy atom. The summed E-state index contributed by atoms with van der Waals surface area (Å²) in [6.07, 6.45) is 1.46. The molecule has 0 unspecified atom stereocenters. The summed E-state index contributed by atoms with van der Waals surface area (Å²) < 4.78 is 28.3. The number of nitrogens with zero attached hydrogens (tertiary/aromatic N) is 3. The van der Waals surface area contributed by atoms with Gasteiger partial charge < -0.3 is 11.5 Å². The lowest BCUT2D eigenvalue weighted by molar-refractivity contribution is 0.100. The minimum absolute atomic E-state index is 0.0123. The minimum Gasteiger partial charge on any atom is -0.383 e. The topological polar surface area (TPSA) is 108 Å². The summed E-state index contributed by atoms with van der Waals surface area (Å²) in [5.74, 6) is -2.25. The summed E-state index contributed by atoms with van der Waals surface area (Å²) in [5.41, 5.74) is 13.7. The number of anilines is 1. The second-order valence-electron chi connectivity index (χ2n) is 6.50. The van der Waals surface area contributed by atoms with Crippen LogP contribution in [0.5, 0.6) is 0 Å². The predicted molar refractivity (Wildman–Crippen MR) is 106 cm³/mol. The van der Waals surface area contributed by atoms with Crippen molar-refractivity contribution in [1.29, 1.82) is 0 Å². The molecule has 2 aromatic carbocycles. The van der Waals surface area contributed by atoms with E-state index in [1.165, 1.54) is 12.4 Å². The van der Waals surface area contributed by atoms with Crippen molar-refractivity contribution in [3.63, 3.8) is 0 Å². The summed E-state index contributed by atoms with van der Waals surface area (Å²) >= 11 is 0. The van der Waals surface area contributed by atoms with Gasteiger partial charge in [-0.25, -0.2) is 23.7 Å². The van der Waals surface area contributed by atoms with Gasteiger partial charge >= 0.3 is 0 Å². The molecule has 4 N–H and O–H groups in total. The molecular weight excluding hydrogens is 376 g/mol. The fourth-order valence-corrected chi connectivity index (χ4v) is 3.18. The highest BCUT2D eigenvalue weighted by Crippen LogP contribution is 2.36. The van der Waals surface area contributed by atoms with Crippen molar-refractivity contribution in [1.82, 2.24) is 15.0 Å². The third-order valence-corrected chi connectivity index (χ3v) is 4.65. The fraction of sp³-hybridized carbons (Fsp3) is 0.0476. The van der Waals surface area contributed by atoms with Crippen LogP contribution in [-0.2, 0) is 0 Å². The van der Waals surface area contributed by atoms with Gasteiger partial charge in [-0.3, -0.25) is 4.79 Å². The van der Waals surface area contributed by atoms with Crippen LogP contribution in [0.25, 0.3) is 33.3 Å². The summed E-state index contributed by atoms with van der Waals surface area (Å²) in [5, 5.41) is 0.771. The number of primary amides is 1. The molecule has 0 spiro atoms. The van der Waals surface area contributed by atoms with Gasteiger partial charge in [0.05, 0.1) is 16.8 Å². The molecule has 29 heavy (non-hydrogen) atoms. The highest BCUT2D eigenvalue weighted by atomic mass is 19.1. The Balaban J connectivity index is 2.06. The minimum atomic E-state index is -0.775. The first-order chi connectivity index (χ1) is 13.8. The molecule has 4 rings (SSSR count). The van der Waals surface area contributed by atoms with E-state index in [-0.39, 0.29) is 22.6 Å². The van der Waals surface area contributed by atoms with Gasteiger partial charge in [-0.2, -0.15) is 0 Å². The first-order valence-corrected chi connectivity index (χ1v) is 8.62. The lowest BCUT2D eigenvalue weighted by Crippen LogP contribution is -2.15. The summed E-state index contributed by atoms with van der Waals surface area (Å²) in [6, 6.07) is 9.79. The van der Waals surface area contributed by atoms with Crippen LogP contribution in [0.15, 0.2) is 48.8 Å². The number of amides is 1. The molecule has 6 nitrogen and oxygen atoms in total. The van der Waals surface area contributed by atoms with E-state index in [0.717, 1.165) is 34.8 Å². The number of rotatable bonds is 3. The second kappa shape index (κ2) is 6.90. The highest BCUT2D eigenvalue weighted by molar-refractivity contribution is 6.00. The maximum atomic E-state index is 14.5. The van der Waals surface area contributed by atoms with Crippen LogP contribution in [0, 0.1) is 18.6 Å². The van der Waals surface area contributed by atoms with Gasteiger partial charge in [0.1, 0.15) is 23.8 Å². The van der Waals surface area contributed by atoms with Gasteiger partial charge in [0.2, 0.25) is 0 Å². The molecule has 0 radical (unpaired) electrons. The number of hydrogen-bond donors (Lipinski definition) is 2. The van der Waals surface area contributed by atoms with Crippen LogP contribution in [0.1, 0.15) is 16.1 Å². The van der Waals surface area contributed by atoms with E-state index < -0.39 is 17.5 Å². The molecule has 1 amide bonds. The van der Waals surface area contributed by atoms with E-state index in [2.05, 4.69) is 15.0 Å². The molecule has 2 aromatic heterocycles. The monoisotopic (exact) mass is 391 g/mol. The largest absolute Gasteiger partial charge is 0.383 e. The average Bonchev–Trinajstić information content (AvgIpc) is 2.69. The van der Waals surface area contributed by atoms with Crippen molar-refractivity contribution in [2.24, 2.45) is 5.73 Å². The van der Waals surface area contributed by atoms with Gasteiger partial charge in [-0.1, -0.05) is 6.07 Å². The number of pyridine rings is 1. The Kier molecular flexibility index (Phi) is 4.38. The lowest BCUT2D eigenvalue weighted by Gasteiger charge is -2.14. The maximum Gasteiger partial charge on any atom is 0.252 e. The standard InChI is InChI=1S/C21H15F2N5O/c1-10-13-6-11(2-5-18(13)27-9-26-10)14-8-16(21(25)29)20(24)28-19(14)15-7-12(22)3-4-17(15)23/h2-9H,1H3,(H2,24,28)(H2,25,29). The van der Waals surface area contributed by atoms with Crippen LogP contribution in [0.2, 0.25) is 0 Å². The van der Waals surface area contributed by atoms with Crippen molar-refractivity contribution in [3.8, 4) is 22.4 Å². The lowest BCUT2D eigenvalue weighted by atomic mass is 9.95. The number of nitrogen functional groups attached to an aromatic ring is 1. The number of aromatic nitrogens is 3. The number of aryl methyl sites for hydroxylation is 1. The number of nitrogens with two attached hydrogens (primary N) is 2. The summed E-state index contributed by atoms with van der Waals surface area (Å²) in [7, 11) is 0. The molecule has 4 aromatic rings. The molecule has 0 atom stereocenters. The highest BCUT2D eigenvalue weighted by Gasteiger charge is 2.19. The van der Waals surface area contributed by atoms with Crippen LogP contribution >= 0.6 is 0 Å². The number of benzene rings is 2. The quantitative estimate of drug-likeness (QED) is 0.554. The molecular formula is C21H15F2N5O. The van der Waals surface area contributed by atoms with E-state index in [1.54, 1.807) is 18.2 Å². The van der Waals surface area contributed by atoms with Crippen LogP contribution < -0.4 is 11.5 Å². The molecule has 0 aliphatic rings. The fourth-order valence-electron chi connectivity index (χ4n) is 3.18. The van der Waals surface area contributed by atoms with E-state index >= 15 is 0 Å². The smallest absolute Gasteiger partial charge is 0.252 e. The van der Waals surface area contributed by atoms with E-state index in [0.29, 0.717) is 11.1 Å². The zero-order valence-corrected chi connectivity index (χ0v) is 15.3. The van der Waals surface area contributed by atoms with Crippen molar-refractivity contribution in [3.05, 3.63) is 71.7 Å². The molecule has 0 aliphatic carbocycles. The number of fused-ring (bicyclic) bond motifs is 1. The zero-order chi connectivity index (χ0) is 20.7. The summed E-state index contributed by atoms with van der Waals surface area (Å²) in [4.78, 5) is 24.4. The maximum absolute atomic E-state index is 14.5. The number of halogens is 2. The Hall–Kier alpha value is -3.94. The Labute approximate surface area is 164 Å². The zero-order valence-electron chi connectivity index (χ0n) is 15.3.